The van der Waals surface area contributed by atoms with Crippen LogP contribution in [0.1, 0.15) is 19.7 Å². The molecule has 0 amide bonds. The van der Waals surface area contributed by atoms with Crippen LogP contribution in [0, 0.1) is 0 Å². The van der Waals surface area contributed by atoms with E-state index in [4.69, 9.17) is 4.74 Å². The molecular formula is C16H21N3O2. The monoisotopic (exact) mass is 287 g/mol. The fraction of sp³-hybridized carbons (Fsp3) is 0.500. The van der Waals surface area contributed by atoms with E-state index in [-0.39, 0.29) is 17.8 Å². The van der Waals surface area contributed by atoms with E-state index in [1.54, 1.807) is 6.07 Å². The van der Waals surface area contributed by atoms with Gasteiger partial charge in [-0.05, 0) is 26.0 Å². The van der Waals surface area contributed by atoms with Crippen molar-refractivity contribution < 1.29 is 4.74 Å². The molecule has 0 saturated carbocycles. The molecule has 1 saturated heterocycles. The number of fused-ring (bicyclic) bond motifs is 1. The standard InChI is InChI=1S/C16H21N3O2/c1-11-9-19(10-12(2)21-11)8-7-15-17-14-6-4-3-5-13(14)16(20)18-15/h3-6,11-12H,7-10H2,1-2H3,(H,17,18,20)/t11-,12-/m1/s1. The van der Waals surface area contributed by atoms with Crippen LogP contribution in [-0.4, -0.2) is 46.7 Å². The maximum atomic E-state index is 12.0. The Morgan fingerprint density at radius 1 is 1.29 bits per heavy atom. The number of hydrogen-bond acceptors (Lipinski definition) is 4. The molecule has 1 aromatic heterocycles. The Kier molecular flexibility index (Phi) is 4.03. The SMILES string of the molecule is C[C@@H]1CN(CCc2nc3ccccc3c(=O)[nH]2)C[C@@H](C)O1. The second kappa shape index (κ2) is 5.95. The van der Waals surface area contributed by atoms with Crippen LogP contribution in [0.3, 0.4) is 0 Å². The molecule has 1 aliphatic heterocycles. The molecule has 2 atom stereocenters. The molecular weight excluding hydrogens is 266 g/mol. The Hall–Kier alpha value is -1.72. The number of rotatable bonds is 3. The van der Waals surface area contributed by atoms with E-state index in [2.05, 4.69) is 28.7 Å². The number of hydrogen-bond donors (Lipinski definition) is 1. The first kappa shape index (κ1) is 14.2. The Balaban J connectivity index is 1.72. The zero-order chi connectivity index (χ0) is 14.8. The zero-order valence-corrected chi connectivity index (χ0v) is 12.5. The largest absolute Gasteiger partial charge is 0.373 e. The van der Waals surface area contributed by atoms with E-state index in [1.165, 1.54) is 0 Å². The Morgan fingerprint density at radius 2 is 2.00 bits per heavy atom. The van der Waals surface area contributed by atoms with Gasteiger partial charge in [-0.2, -0.15) is 0 Å². The first-order chi connectivity index (χ1) is 10.1. The highest BCUT2D eigenvalue weighted by Crippen LogP contribution is 2.11. The Labute approximate surface area is 124 Å². The molecule has 2 heterocycles. The minimum Gasteiger partial charge on any atom is -0.373 e. The number of H-pyrrole nitrogens is 1. The lowest BCUT2D eigenvalue weighted by Crippen LogP contribution is -2.46. The number of para-hydroxylation sites is 1. The fourth-order valence-corrected chi connectivity index (χ4v) is 2.98. The summed E-state index contributed by atoms with van der Waals surface area (Å²) >= 11 is 0. The summed E-state index contributed by atoms with van der Waals surface area (Å²) in [7, 11) is 0. The summed E-state index contributed by atoms with van der Waals surface area (Å²) in [6.07, 6.45) is 1.27. The van der Waals surface area contributed by atoms with Crippen molar-refractivity contribution in [3.05, 3.63) is 40.4 Å². The summed E-state index contributed by atoms with van der Waals surface area (Å²) in [6.45, 7) is 6.95. The van der Waals surface area contributed by atoms with E-state index in [0.29, 0.717) is 5.39 Å². The number of nitrogens with one attached hydrogen (secondary N) is 1. The van der Waals surface area contributed by atoms with Crippen LogP contribution in [0.2, 0.25) is 0 Å². The van der Waals surface area contributed by atoms with Crippen molar-refractivity contribution in [3.8, 4) is 0 Å². The number of ether oxygens (including phenoxy) is 1. The van der Waals surface area contributed by atoms with E-state index >= 15 is 0 Å². The van der Waals surface area contributed by atoms with Gasteiger partial charge in [-0.25, -0.2) is 4.98 Å². The Morgan fingerprint density at radius 3 is 2.76 bits per heavy atom. The third-order valence-corrected chi connectivity index (χ3v) is 3.82. The summed E-state index contributed by atoms with van der Waals surface area (Å²) in [5, 5.41) is 0.648. The molecule has 0 radical (unpaired) electrons. The topological polar surface area (TPSA) is 58.2 Å². The first-order valence-electron chi connectivity index (χ1n) is 7.47. The van der Waals surface area contributed by atoms with Crippen LogP contribution >= 0.6 is 0 Å². The molecule has 5 nitrogen and oxygen atoms in total. The number of nitrogens with zero attached hydrogens (tertiary/aromatic N) is 2. The second-order valence-corrected chi connectivity index (χ2v) is 5.80. The lowest BCUT2D eigenvalue weighted by molar-refractivity contribution is -0.0676. The van der Waals surface area contributed by atoms with Crippen molar-refractivity contribution in [2.45, 2.75) is 32.5 Å². The molecule has 0 bridgehead atoms. The van der Waals surface area contributed by atoms with Crippen LogP contribution in [0.15, 0.2) is 29.1 Å². The normalized spacial score (nSPS) is 23.5. The second-order valence-electron chi connectivity index (χ2n) is 5.80. The molecule has 3 rings (SSSR count). The zero-order valence-electron chi connectivity index (χ0n) is 12.5. The minimum absolute atomic E-state index is 0.0562. The lowest BCUT2D eigenvalue weighted by Gasteiger charge is -2.35. The molecule has 0 aliphatic carbocycles. The van der Waals surface area contributed by atoms with Gasteiger partial charge < -0.3 is 9.72 Å². The average Bonchev–Trinajstić information content (AvgIpc) is 2.44. The quantitative estimate of drug-likeness (QED) is 0.931. The molecule has 112 valence electrons. The fourth-order valence-electron chi connectivity index (χ4n) is 2.98. The summed E-state index contributed by atoms with van der Waals surface area (Å²) in [5.74, 6) is 0.755. The van der Waals surface area contributed by atoms with Gasteiger partial charge >= 0.3 is 0 Å². The van der Waals surface area contributed by atoms with Crippen molar-refractivity contribution >= 4 is 10.9 Å². The van der Waals surface area contributed by atoms with Gasteiger partial charge in [0.05, 0.1) is 23.1 Å². The molecule has 1 N–H and O–H groups in total. The van der Waals surface area contributed by atoms with Crippen molar-refractivity contribution in [1.29, 1.82) is 0 Å². The van der Waals surface area contributed by atoms with Gasteiger partial charge in [0, 0.05) is 26.1 Å². The molecule has 1 aromatic carbocycles. The number of aromatic amines is 1. The van der Waals surface area contributed by atoms with Crippen molar-refractivity contribution in [1.82, 2.24) is 14.9 Å². The van der Waals surface area contributed by atoms with E-state index in [1.807, 2.05) is 18.2 Å². The van der Waals surface area contributed by atoms with Gasteiger partial charge in [0.2, 0.25) is 0 Å². The van der Waals surface area contributed by atoms with Crippen LogP contribution < -0.4 is 5.56 Å². The summed E-state index contributed by atoms with van der Waals surface area (Å²) in [5.41, 5.74) is 0.708. The Bertz CT molecular complexity index is 673. The highest BCUT2D eigenvalue weighted by molar-refractivity contribution is 5.77. The summed E-state index contributed by atoms with van der Waals surface area (Å²) in [6, 6.07) is 7.45. The van der Waals surface area contributed by atoms with E-state index in [0.717, 1.165) is 37.4 Å². The van der Waals surface area contributed by atoms with Gasteiger partial charge in [-0.15, -0.1) is 0 Å². The van der Waals surface area contributed by atoms with Gasteiger partial charge in [0.25, 0.3) is 5.56 Å². The molecule has 5 heteroatoms. The van der Waals surface area contributed by atoms with Gasteiger partial charge in [-0.1, -0.05) is 12.1 Å². The predicted octanol–water partition coefficient (Wildman–Crippen LogP) is 1.57. The molecule has 0 spiro atoms. The third-order valence-electron chi connectivity index (χ3n) is 3.82. The van der Waals surface area contributed by atoms with E-state index in [9.17, 15) is 4.79 Å². The lowest BCUT2D eigenvalue weighted by atomic mass is 10.2. The summed E-state index contributed by atoms with van der Waals surface area (Å²) in [4.78, 5) is 21.8. The number of morpholine rings is 1. The van der Waals surface area contributed by atoms with Crippen LogP contribution in [-0.2, 0) is 11.2 Å². The summed E-state index contributed by atoms with van der Waals surface area (Å²) < 4.78 is 5.73. The van der Waals surface area contributed by atoms with Crippen molar-refractivity contribution in [2.75, 3.05) is 19.6 Å². The number of aromatic nitrogens is 2. The average molecular weight is 287 g/mol. The smallest absolute Gasteiger partial charge is 0.258 e. The van der Waals surface area contributed by atoms with E-state index < -0.39 is 0 Å². The predicted molar refractivity (Wildman–Crippen MR) is 82.5 cm³/mol. The van der Waals surface area contributed by atoms with Crippen molar-refractivity contribution in [3.63, 3.8) is 0 Å². The molecule has 1 fully saturated rings. The van der Waals surface area contributed by atoms with Gasteiger partial charge in [0.1, 0.15) is 5.82 Å². The van der Waals surface area contributed by atoms with Crippen LogP contribution in [0.25, 0.3) is 10.9 Å². The van der Waals surface area contributed by atoms with Crippen LogP contribution in [0.5, 0.6) is 0 Å². The van der Waals surface area contributed by atoms with Crippen molar-refractivity contribution in [2.24, 2.45) is 0 Å². The first-order valence-corrected chi connectivity index (χ1v) is 7.47. The van der Waals surface area contributed by atoms with Gasteiger partial charge in [-0.3, -0.25) is 9.69 Å². The maximum absolute atomic E-state index is 12.0. The van der Waals surface area contributed by atoms with Gasteiger partial charge in [0.15, 0.2) is 0 Å². The highest BCUT2D eigenvalue weighted by Gasteiger charge is 2.21. The van der Waals surface area contributed by atoms with Crippen LogP contribution in [0.4, 0.5) is 0 Å². The number of benzene rings is 1. The molecule has 1 aliphatic rings. The molecule has 2 aromatic rings. The minimum atomic E-state index is -0.0562. The maximum Gasteiger partial charge on any atom is 0.258 e. The molecule has 21 heavy (non-hydrogen) atoms. The molecule has 0 unspecified atom stereocenters. The highest BCUT2D eigenvalue weighted by atomic mass is 16.5. The third kappa shape index (κ3) is 3.31.